The smallest absolute Gasteiger partial charge is 0.263 e. The van der Waals surface area contributed by atoms with Crippen LogP contribution in [0.2, 0.25) is 0 Å². The molecule has 4 rings (SSSR count). The average Bonchev–Trinajstić information content (AvgIpc) is 3.23. The van der Waals surface area contributed by atoms with Crippen LogP contribution in [-0.4, -0.2) is 21.2 Å². The molecule has 0 radical (unpaired) electrons. The van der Waals surface area contributed by atoms with Gasteiger partial charge < -0.3 is 5.32 Å². The van der Waals surface area contributed by atoms with E-state index in [1.165, 1.54) is 47.4 Å². The number of hydrogen-bond acceptors (Lipinski definition) is 5. The van der Waals surface area contributed by atoms with Crippen LogP contribution in [0, 0.1) is 5.82 Å². The molecule has 2 aromatic carbocycles. The minimum absolute atomic E-state index is 0.117. The quantitative estimate of drug-likeness (QED) is 0.210. The molecule has 0 aliphatic rings. The summed E-state index contributed by atoms with van der Waals surface area (Å²) in [5.41, 5.74) is 2.27. The van der Waals surface area contributed by atoms with Crippen molar-refractivity contribution in [2.24, 2.45) is 0 Å². The Kier molecular flexibility index (Phi) is 6.82. The van der Waals surface area contributed by atoms with Crippen molar-refractivity contribution >= 4 is 44.9 Å². The van der Waals surface area contributed by atoms with E-state index in [0.717, 1.165) is 11.1 Å². The summed E-state index contributed by atoms with van der Waals surface area (Å²) in [6.45, 7) is 4.09. The number of amides is 1. The van der Waals surface area contributed by atoms with E-state index in [1.54, 1.807) is 10.6 Å². The van der Waals surface area contributed by atoms with Crippen LogP contribution in [0.1, 0.15) is 6.42 Å². The molecule has 2 aromatic heterocycles. The molecule has 0 saturated carbocycles. The predicted molar refractivity (Wildman–Crippen MR) is 130 cm³/mol. The first-order valence-electron chi connectivity index (χ1n) is 9.93. The van der Waals surface area contributed by atoms with Crippen molar-refractivity contribution in [1.82, 2.24) is 9.55 Å². The number of carbonyl (C=O) groups excluding carboxylic acids is 1. The number of aromatic nitrogens is 2. The molecule has 0 atom stereocenters. The average molecular weight is 466 g/mol. The van der Waals surface area contributed by atoms with Gasteiger partial charge in [-0.05, 0) is 29.8 Å². The summed E-state index contributed by atoms with van der Waals surface area (Å²) in [5.74, 6) is -0.103. The fraction of sp³-hybridized carbons (Fsp3) is 0.125. The Morgan fingerprint density at radius 1 is 1.19 bits per heavy atom. The highest BCUT2D eigenvalue weighted by Gasteiger charge is 2.17. The molecule has 2 heterocycles. The van der Waals surface area contributed by atoms with Crippen molar-refractivity contribution < 1.29 is 9.18 Å². The molecule has 0 aliphatic carbocycles. The highest BCUT2D eigenvalue weighted by molar-refractivity contribution is 7.99. The molecule has 4 aromatic rings. The van der Waals surface area contributed by atoms with Crippen LogP contribution in [0.25, 0.3) is 21.3 Å². The fourth-order valence-corrected chi connectivity index (χ4v) is 5.16. The maximum Gasteiger partial charge on any atom is 0.263 e. The zero-order chi connectivity index (χ0) is 22.5. The van der Waals surface area contributed by atoms with Crippen molar-refractivity contribution in [3.8, 4) is 11.1 Å². The van der Waals surface area contributed by atoms with Crippen LogP contribution in [0.3, 0.4) is 0 Å². The number of anilines is 1. The summed E-state index contributed by atoms with van der Waals surface area (Å²) in [7, 11) is 0. The first-order chi connectivity index (χ1) is 15.6. The van der Waals surface area contributed by atoms with Crippen molar-refractivity contribution in [1.29, 1.82) is 0 Å². The lowest BCUT2D eigenvalue weighted by Gasteiger charge is -2.11. The fourth-order valence-electron chi connectivity index (χ4n) is 3.23. The third-order valence-electron chi connectivity index (χ3n) is 4.74. The Morgan fingerprint density at radius 2 is 1.94 bits per heavy atom. The molecule has 0 saturated heterocycles. The summed E-state index contributed by atoms with van der Waals surface area (Å²) >= 11 is 2.79. The van der Waals surface area contributed by atoms with Gasteiger partial charge in [-0.25, -0.2) is 9.37 Å². The van der Waals surface area contributed by atoms with E-state index in [2.05, 4.69) is 11.9 Å². The normalized spacial score (nSPS) is 10.9. The molecule has 0 aliphatic heterocycles. The van der Waals surface area contributed by atoms with E-state index in [4.69, 9.17) is 4.98 Å². The number of rotatable bonds is 8. The number of hydrogen-bond donors (Lipinski definition) is 1. The number of nitrogens with zero attached hydrogens (tertiary/aromatic N) is 2. The van der Waals surface area contributed by atoms with Crippen molar-refractivity contribution in [3.05, 3.63) is 88.8 Å². The number of nitrogens with one attached hydrogen (secondary N) is 1. The van der Waals surface area contributed by atoms with Crippen LogP contribution in [-0.2, 0) is 11.3 Å². The largest absolute Gasteiger partial charge is 0.326 e. The Bertz CT molecular complexity index is 1320. The van der Waals surface area contributed by atoms with Gasteiger partial charge in [0.25, 0.3) is 5.56 Å². The monoisotopic (exact) mass is 465 g/mol. The molecule has 0 spiro atoms. The zero-order valence-electron chi connectivity index (χ0n) is 17.1. The van der Waals surface area contributed by atoms with E-state index in [1.807, 2.05) is 35.7 Å². The third-order valence-corrected chi connectivity index (χ3v) is 6.59. The second-order valence-corrected chi connectivity index (χ2v) is 8.87. The molecule has 0 unspecified atom stereocenters. The number of thioether (sulfide) groups is 1. The molecule has 1 amide bonds. The van der Waals surface area contributed by atoms with Crippen LogP contribution in [0.4, 0.5) is 10.1 Å². The first kappa shape index (κ1) is 22.0. The van der Waals surface area contributed by atoms with E-state index in [9.17, 15) is 14.0 Å². The number of allylic oxidation sites excluding steroid dienone is 1. The van der Waals surface area contributed by atoms with Crippen LogP contribution >= 0.6 is 23.1 Å². The molecule has 5 nitrogen and oxygen atoms in total. The molecule has 0 bridgehead atoms. The van der Waals surface area contributed by atoms with Crippen LogP contribution in [0.15, 0.2) is 82.6 Å². The second-order valence-electron chi connectivity index (χ2n) is 6.95. The van der Waals surface area contributed by atoms with Gasteiger partial charge in [0.05, 0.1) is 5.39 Å². The number of thiophene rings is 1. The van der Waals surface area contributed by atoms with Gasteiger partial charge in [-0.15, -0.1) is 17.9 Å². The molecule has 1 N–H and O–H groups in total. The van der Waals surface area contributed by atoms with E-state index in [0.29, 0.717) is 33.4 Å². The standard InChI is InChI=1S/C24H20FN3O2S2/c1-2-13-28-23(30)21-19(16-6-4-3-5-7-16)15-32-22(21)27-24(28)31-14-12-20(29)26-18-10-8-17(25)9-11-18/h2-11,15H,1,12-14H2,(H,26,29). The first-order valence-corrected chi connectivity index (χ1v) is 11.8. The Hall–Kier alpha value is -3.23. The van der Waals surface area contributed by atoms with Gasteiger partial charge in [-0.3, -0.25) is 14.2 Å². The van der Waals surface area contributed by atoms with E-state index in [-0.39, 0.29) is 23.7 Å². The number of carbonyl (C=O) groups is 1. The summed E-state index contributed by atoms with van der Waals surface area (Å²) in [4.78, 5) is 30.9. The van der Waals surface area contributed by atoms with Gasteiger partial charge in [0.1, 0.15) is 10.6 Å². The SMILES string of the molecule is C=CCn1c(SCCC(=O)Nc2ccc(F)cc2)nc2scc(-c3ccccc3)c2c1=O. The summed E-state index contributed by atoms with van der Waals surface area (Å²) in [6, 6.07) is 15.4. The molecular formula is C24H20FN3O2S2. The molecule has 162 valence electrons. The highest BCUT2D eigenvalue weighted by Crippen LogP contribution is 2.32. The predicted octanol–water partition coefficient (Wildman–Crippen LogP) is 5.57. The maximum atomic E-state index is 13.3. The number of benzene rings is 2. The lowest BCUT2D eigenvalue weighted by molar-refractivity contribution is -0.115. The van der Waals surface area contributed by atoms with Gasteiger partial charge in [-0.2, -0.15) is 0 Å². The topological polar surface area (TPSA) is 64.0 Å². The third kappa shape index (κ3) is 4.81. The molecule has 8 heteroatoms. The lowest BCUT2D eigenvalue weighted by atomic mass is 10.1. The molecule has 0 fully saturated rings. The van der Waals surface area contributed by atoms with Crippen LogP contribution < -0.4 is 10.9 Å². The van der Waals surface area contributed by atoms with E-state index < -0.39 is 0 Å². The van der Waals surface area contributed by atoms with Gasteiger partial charge in [-0.1, -0.05) is 48.2 Å². The minimum atomic E-state index is -0.357. The molecular weight excluding hydrogens is 445 g/mol. The van der Waals surface area contributed by atoms with Crippen LogP contribution in [0.5, 0.6) is 0 Å². The number of halogens is 1. The van der Waals surface area contributed by atoms with Gasteiger partial charge in [0.2, 0.25) is 5.91 Å². The van der Waals surface area contributed by atoms with Gasteiger partial charge in [0.15, 0.2) is 5.16 Å². The van der Waals surface area contributed by atoms with Gasteiger partial charge in [0, 0.05) is 35.3 Å². The second kappa shape index (κ2) is 9.93. The Morgan fingerprint density at radius 3 is 2.66 bits per heavy atom. The summed E-state index contributed by atoms with van der Waals surface area (Å²) in [6.07, 6.45) is 1.89. The van der Waals surface area contributed by atoms with Crippen molar-refractivity contribution in [2.45, 2.75) is 18.1 Å². The minimum Gasteiger partial charge on any atom is -0.326 e. The summed E-state index contributed by atoms with van der Waals surface area (Å²) < 4.78 is 14.6. The highest BCUT2D eigenvalue weighted by atomic mass is 32.2. The van der Waals surface area contributed by atoms with Gasteiger partial charge >= 0.3 is 0 Å². The Balaban J connectivity index is 1.54. The van der Waals surface area contributed by atoms with Crippen molar-refractivity contribution in [3.63, 3.8) is 0 Å². The molecule has 32 heavy (non-hydrogen) atoms. The number of fused-ring (bicyclic) bond motifs is 1. The van der Waals surface area contributed by atoms with E-state index >= 15 is 0 Å². The zero-order valence-corrected chi connectivity index (χ0v) is 18.7. The lowest BCUT2D eigenvalue weighted by Crippen LogP contribution is -2.23. The summed E-state index contributed by atoms with van der Waals surface area (Å²) in [5, 5.41) is 5.84. The Labute approximate surface area is 192 Å². The van der Waals surface area contributed by atoms with Crippen molar-refractivity contribution in [2.75, 3.05) is 11.1 Å². The maximum absolute atomic E-state index is 13.3.